The molecule has 90 valence electrons. The minimum Gasteiger partial charge on any atom is -0.481 e. The van der Waals surface area contributed by atoms with Crippen molar-refractivity contribution in [1.82, 2.24) is 5.01 Å². The van der Waals surface area contributed by atoms with Crippen LogP contribution in [-0.2, 0) is 4.79 Å². The number of carbonyl (C=O) groups is 1. The molecule has 1 aliphatic heterocycles. The second kappa shape index (κ2) is 4.16. The zero-order chi connectivity index (χ0) is 12.6. The first-order valence-electron chi connectivity index (χ1n) is 5.27. The number of carboxylic acid groups (broad SMARTS) is 1. The summed E-state index contributed by atoms with van der Waals surface area (Å²) in [7, 11) is 1.72. The summed E-state index contributed by atoms with van der Waals surface area (Å²) in [5, 5.41) is 15.0. The lowest BCUT2D eigenvalue weighted by molar-refractivity contribution is -0.140. The van der Waals surface area contributed by atoms with E-state index >= 15 is 0 Å². The molecular weight excluding hydrogens is 223 g/mol. The van der Waals surface area contributed by atoms with Gasteiger partial charge in [-0.15, -0.1) is 0 Å². The standard InChI is InChI=1S/C12H13FN2O2/c1-7-10(12(16)17)11(15(2)14-7)8-3-5-9(13)6-4-8/h3-6,10-11H,1-2H3,(H,16,17). The van der Waals surface area contributed by atoms with Gasteiger partial charge in [0.25, 0.3) is 0 Å². The highest BCUT2D eigenvalue weighted by molar-refractivity contribution is 6.02. The van der Waals surface area contributed by atoms with E-state index in [1.165, 1.54) is 12.1 Å². The topological polar surface area (TPSA) is 52.9 Å². The van der Waals surface area contributed by atoms with Gasteiger partial charge in [0.15, 0.2) is 0 Å². The molecule has 1 N–H and O–H groups in total. The summed E-state index contributed by atoms with van der Waals surface area (Å²) in [6.45, 7) is 1.69. The maximum Gasteiger partial charge on any atom is 0.314 e. The third-order valence-corrected chi connectivity index (χ3v) is 2.96. The highest BCUT2D eigenvalue weighted by Crippen LogP contribution is 2.34. The summed E-state index contributed by atoms with van der Waals surface area (Å²) >= 11 is 0. The summed E-state index contributed by atoms with van der Waals surface area (Å²) in [6, 6.07) is 5.49. The molecule has 0 fully saturated rings. The number of hydrazone groups is 1. The first kappa shape index (κ1) is 11.6. The van der Waals surface area contributed by atoms with Crippen molar-refractivity contribution in [1.29, 1.82) is 0 Å². The van der Waals surface area contributed by atoms with Gasteiger partial charge < -0.3 is 5.11 Å². The third kappa shape index (κ3) is 2.00. The lowest BCUT2D eigenvalue weighted by Gasteiger charge is -2.23. The Labute approximate surface area is 98.4 Å². The molecule has 0 spiro atoms. The molecule has 0 bridgehead atoms. The molecule has 0 aliphatic carbocycles. The average molecular weight is 236 g/mol. The van der Waals surface area contributed by atoms with Gasteiger partial charge in [-0.1, -0.05) is 12.1 Å². The van der Waals surface area contributed by atoms with Crippen molar-refractivity contribution in [3.8, 4) is 0 Å². The SMILES string of the molecule is CC1=NN(C)C(c2ccc(F)cc2)C1C(=O)O. The van der Waals surface area contributed by atoms with E-state index in [-0.39, 0.29) is 11.9 Å². The van der Waals surface area contributed by atoms with Gasteiger partial charge in [-0.05, 0) is 24.6 Å². The average Bonchev–Trinajstić information content (AvgIpc) is 2.55. The van der Waals surface area contributed by atoms with E-state index in [1.807, 2.05) is 0 Å². The Bertz CT molecular complexity index is 470. The molecule has 1 aliphatic rings. The van der Waals surface area contributed by atoms with E-state index in [0.29, 0.717) is 5.71 Å². The molecule has 1 aromatic carbocycles. The molecule has 2 atom stereocenters. The van der Waals surface area contributed by atoms with E-state index in [1.54, 1.807) is 31.1 Å². The van der Waals surface area contributed by atoms with Gasteiger partial charge in [0.05, 0.1) is 11.8 Å². The van der Waals surface area contributed by atoms with Crippen LogP contribution in [0, 0.1) is 11.7 Å². The number of halogens is 1. The Balaban J connectivity index is 2.37. The molecule has 5 heteroatoms. The van der Waals surface area contributed by atoms with Crippen LogP contribution in [0.5, 0.6) is 0 Å². The number of nitrogens with zero attached hydrogens (tertiary/aromatic N) is 2. The molecule has 1 heterocycles. The molecule has 0 radical (unpaired) electrons. The number of carboxylic acids is 1. The number of hydrogen-bond donors (Lipinski definition) is 1. The molecule has 0 saturated heterocycles. The fourth-order valence-corrected chi connectivity index (χ4v) is 2.20. The second-order valence-electron chi connectivity index (χ2n) is 4.13. The van der Waals surface area contributed by atoms with E-state index in [9.17, 15) is 14.3 Å². The molecule has 0 aromatic heterocycles. The van der Waals surface area contributed by atoms with Crippen molar-refractivity contribution in [3.05, 3.63) is 35.6 Å². The smallest absolute Gasteiger partial charge is 0.314 e. The van der Waals surface area contributed by atoms with Crippen molar-refractivity contribution in [2.75, 3.05) is 7.05 Å². The predicted molar refractivity (Wildman–Crippen MR) is 61.1 cm³/mol. The van der Waals surface area contributed by atoms with Gasteiger partial charge in [-0.25, -0.2) is 4.39 Å². The molecule has 2 unspecified atom stereocenters. The largest absolute Gasteiger partial charge is 0.481 e. The van der Waals surface area contributed by atoms with E-state index < -0.39 is 11.9 Å². The van der Waals surface area contributed by atoms with Crippen molar-refractivity contribution in [3.63, 3.8) is 0 Å². The highest BCUT2D eigenvalue weighted by atomic mass is 19.1. The van der Waals surface area contributed by atoms with Crippen LogP contribution < -0.4 is 0 Å². The summed E-state index contributed by atoms with van der Waals surface area (Å²) in [5.74, 6) is -1.92. The summed E-state index contributed by atoms with van der Waals surface area (Å²) < 4.78 is 12.8. The zero-order valence-corrected chi connectivity index (χ0v) is 9.59. The van der Waals surface area contributed by atoms with Crippen LogP contribution in [0.4, 0.5) is 4.39 Å². The maximum absolute atomic E-state index is 12.8. The molecule has 1 aromatic rings. The monoisotopic (exact) mass is 236 g/mol. The summed E-state index contributed by atoms with van der Waals surface area (Å²) in [6.07, 6.45) is 0. The van der Waals surface area contributed by atoms with E-state index in [4.69, 9.17) is 0 Å². The molecular formula is C12H13FN2O2. The van der Waals surface area contributed by atoms with Gasteiger partial charge >= 0.3 is 5.97 Å². The summed E-state index contributed by atoms with van der Waals surface area (Å²) in [4.78, 5) is 11.2. The first-order chi connectivity index (χ1) is 8.00. The number of hydrogen-bond acceptors (Lipinski definition) is 3. The fraction of sp³-hybridized carbons (Fsp3) is 0.333. The molecule has 4 nitrogen and oxygen atoms in total. The first-order valence-corrected chi connectivity index (χ1v) is 5.27. The van der Waals surface area contributed by atoms with E-state index in [2.05, 4.69) is 5.10 Å². The highest BCUT2D eigenvalue weighted by Gasteiger charge is 2.39. The maximum atomic E-state index is 12.8. The lowest BCUT2D eigenvalue weighted by Crippen LogP contribution is -2.28. The van der Waals surface area contributed by atoms with Crippen LogP contribution in [0.3, 0.4) is 0 Å². The van der Waals surface area contributed by atoms with Crippen LogP contribution >= 0.6 is 0 Å². The number of rotatable bonds is 2. The molecule has 2 rings (SSSR count). The third-order valence-electron chi connectivity index (χ3n) is 2.96. The van der Waals surface area contributed by atoms with Crippen LogP contribution in [0.15, 0.2) is 29.4 Å². The minimum atomic E-state index is -0.912. The second-order valence-corrected chi connectivity index (χ2v) is 4.13. The minimum absolute atomic E-state index is 0.334. The van der Waals surface area contributed by atoms with Crippen molar-refractivity contribution in [2.24, 2.45) is 11.0 Å². The van der Waals surface area contributed by atoms with Crippen LogP contribution in [0.1, 0.15) is 18.5 Å². The van der Waals surface area contributed by atoms with Gasteiger partial charge in [-0.3, -0.25) is 9.80 Å². The van der Waals surface area contributed by atoms with Crippen molar-refractivity contribution >= 4 is 11.7 Å². The lowest BCUT2D eigenvalue weighted by atomic mass is 9.91. The predicted octanol–water partition coefficient (Wildman–Crippen LogP) is 1.89. The van der Waals surface area contributed by atoms with Gasteiger partial charge in [0, 0.05) is 7.05 Å². The number of benzene rings is 1. The van der Waals surface area contributed by atoms with Crippen LogP contribution in [0.2, 0.25) is 0 Å². The van der Waals surface area contributed by atoms with Gasteiger partial charge in [0.2, 0.25) is 0 Å². The Hall–Kier alpha value is -1.91. The van der Waals surface area contributed by atoms with Crippen LogP contribution in [0.25, 0.3) is 0 Å². The van der Waals surface area contributed by atoms with Gasteiger partial charge in [0.1, 0.15) is 11.7 Å². The normalized spacial score (nSPS) is 23.7. The van der Waals surface area contributed by atoms with Crippen molar-refractivity contribution < 1.29 is 14.3 Å². The van der Waals surface area contributed by atoms with Crippen molar-refractivity contribution in [2.45, 2.75) is 13.0 Å². The Kier molecular flexibility index (Phi) is 2.83. The molecule has 17 heavy (non-hydrogen) atoms. The molecule has 0 amide bonds. The Morgan fingerprint density at radius 2 is 2.00 bits per heavy atom. The van der Waals surface area contributed by atoms with Crippen LogP contribution in [-0.4, -0.2) is 28.8 Å². The van der Waals surface area contributed by atoms with Gasteiger partial charge in [-0.2, -0.15) is 5.10 Å². The van der Waals surface area contributed by atoms with E-state index in [0.717, 1.165) is 5.56 Å². The Morgan fingerprint density at radius 3 is 2.53 bits per heavy atom. The fourth-order valence-electron chi connectivity index (χ4n) is 2.20. The molecule has 0 saturated carbocycles. The quantitative estimate of drug-likeness (QED) is 0.853. The summed E-state index contributed by atoms with van der Waals surface area (Å²) in [5.41, 5.74) is 1.32. The Morgan fingerprint density at radius 1 is 1.41 bits per heavy atom. The zero-order valence-electron chi connectivity index (χ0n) is 9.59. The number of aliphatic carboxylic acids is 1.